The Kier molecular flexibility index (Phi) is 6.07. The van der Waals surface area contributed by atoms with Gasteiger partial charge in [-0.3, -0.25) is 5.43 Å². The van der Waals surface area contributed by atoms with Crippen LogP contribution in [0.1, 0.15) is 43.0 Å². The van der Waals surface area contributed by atoms with Crippen molar-refractivity contribution in [1.29, 1.82) is 0 Å². The van der Waals surface area contributed by atoms with E-state index in [-0.39, 0.29) is 5.41 Å². The predicted molar refractivity (Wildman–Crippen MR) is 134 cm³/mol. The average Bonchev–Trinajstić information content (AvgIpc) is 2.97. The molecule has 0 spiro atoms. The van der Waals surface area contributed by atoms with E-state index in [0.717, 1.165) is 32.6 Å². The molecule has 0 amide bonds. The van der Waals surface area contributed by atoms with E-state index in [0.29, 0.717) is 17.3 Å². The fraction of sp³-hybridized carbons (Fsp3) is 0.231. The summed E-state index contributed by atoms with van der Waals surface area (Å²) in [5, 5.41) is 4.75. The van der Waals surface area contributed by atoms with Crippen molar-refractivity contribution >= 4 is 33.2 Å². The summed E-state index contributed by atoms with van der Waals surface area (Å²) in [6.07, 6.45) is 0. The highest BCUT2D eigenvalue weighted by molar-refractivity contribution is 9.10. The van der Waals surface area contributed by atoms with Crippen LogP contribution in [-0.2, 0) is 5.41 Å². The standard InChI is InChI=1S/C26H26BrN3O2/c1-26(2,3)18-9-6-16(7-10-18)25-28-21-12-11-19(27)15-20(21)24(29-30-25)17-8-13-22(31-4)23(14-17)32-5/h6-15H,1-5H3,(H,28,30). The van der Waals surface area contributed by atoms with Crippen LogP contribution in [0.25, 0.3) is 0 Å². The third-order valence-corrected chi connectivity index (χ3v) is 5.89. The minimum absolute atomic E-state index is 0.0921. The van der Waals surface area contributed by atoms with Crippen molar-refractivity contribution in [2.75, 3.05) is 14.2 Å². The minimum Gasteiger partial charge on any atom is -0.493 e. The first-order valence-corrected chi connectivity index (χ1v) is 11.1. The molecule has 1 heterocycles. The minimum atomic E-state index is 0.0921. The number of benzene rings is 3. The molecule has 3 aromatic carbocycles. The van der Waals surface area contributed by atoms with Crippen molar-refractivity contribution in [3.63, 3.8) is 0 Å². The molecule has 5 nitrogen and oxygen atoms in total. The Balaban J connectivity index is 1.80. The number of aliphatic imine (C=N–C) groups is 1. The van der Waals surface area contributed by atoms with Crippen LogP contribution >= 0.6 is 15.9 Å². The number of methoxy groups -OCH3 is 2. The molecular weight excluding hydrogens is 466 g/mol. The molecule has 6 heteroatoms. The van der Waals surface area contributed by atoms with Gasteiger partial charge in [-0.1, -0.05) is 61.0 Å². The summed E-state index contributed by atoms with van der Waals surface area (Å²) < 4.78 is 11.8. The third kappa shape index (κ3) is 4.41. The Labute approximate surface area is 197 Å². The maximum atomic E-state index is 5.50. The van der Waals surface area contributed by atoms with Gasteiger partial charge in [0.15, 0.2) is 17.3 Å². The van der Waals surface area contributed by atoms with Gasteiger partial charge in [-0.05, 0) is 47.4 Å². The van der Waals surface area contributed by atoms with Crippen molar-refractivity contribution in [2.45, 2.75) is 26.2 Å². The van der Waals surface area contributed by atoms with Gasteiger partial charge in [-0.2, -0.15) is 5.10 Å². The zero-order valence-electron chi connectivity index (χ0n) is 18.9. The van der Waals surface area contributed by atoms with E-state index in [9.17, 15) is 0 Å². The van der Waals surface area contributed by atoms with E-state index < -0.39 is 0 Å². The van der Waals surface area contributed by atoms with Gasteiger partial charge in [0.2, 0.25) is 0 Å². The summed E-state index contributed by atoms with van der Waals surface area (Å²) in [5.41, 5.74) is 8.95. The highest BCUT2D eigenvalue weighted by atomic mass is 79.9. The van der Waals surface area contributed by atoms with Crippen molar-refractivity contribution in [2.24, 2.45) is 10.1 Å². The summed E-state index contributed by atoms with van der Waals surface area (Å²) in [6, 6.07) is 20.2. The molecule has 0 bridgehead atoms. The van der Waals surface area contributed by atoms with Crippen LogP contribution in [0.4, 0.5) is 5.69 Å². The largest absolute Gasteiger partial charge is 0.493 e. The normalized spacial score (nSPS) is 13.3. The van der Waals surface area contributed by atoms with Gasteiger partial charge < -0.3 is 9.47 Å². The Morgan fingerprint density at radius 3 is 2.16 bits per heavy atom. The number of hydrogen-bond acceptors (Lipinski definition) is 5. The monoisotopic (exact) mass is 491 g/mol. The summed E-state index contributed by atoms with van der Waals surface area (Å²) in [7, 11) is 3.25. The quantitative estimate of drug-likeness (QED) is 0.472. The number of amidine groups is 1. The van der Waals surface area contributed by atoms with Gasteiger partial charge in [0, 0.05) is 21.2 Å². The predicted octanol–water partition coefficient (Wildman–Crippen LogP) is 6.20. The summed E-state index contributed by atoms with van der Waals surface area (Å²) in [4.78, 5) is 4.91. The molecule has 0 radical (unpaired) electrons. The van der Waals surface area contributed by atoms with Crippen molar-refractivity contribution in [3.05, 3.63) is 87.4 Å². The zero-order valence-corrected chi connectivity index (χ0v) is 20.4. The van der Waals surface area contributed by atoms with E-state index in [1.54, 1.807) is 14.2 Å². The molecule has 0 atom stereocenters. The molecule has 0 aromatic heterocycles. The lowest BCUT2D eigenvalue weighted by molar-refractivity contribution is 0.355. The molecule has 1 N–H and O–H groups in total. The van der Waals surface area contributed by atoms with Crippen LogP contribution in [0.3, 0.4) is 0 Å². The lowest BCUT2D eigenvalue weighted by atomic mass is 9.86. The first kappa shape index (κ1) is 22.1. The summed E-state index contributed by atoms with van der Waals surface area (Å²) in [6.45, 7) is 6.62. The Hall–Kier alpha value is -3.12. The molecule has 164 valence electrons. The second-order valence-electron chi connectivity index (χ2n) is 8.59. The van der Waals surface area contributed by atoms with Crippen LogP contribution < -0.4 is 14.9 Å². The smallest absolute Gasteiger partial charge is 0.161 e. The lowest BCUT2D eigenvalue weighted by Crippen LogP contribution is -2.20. The molecular formula is C26H26BrN3O2. The van der Waals surface area contributed by atoms with E-state index in [1.165, 1.54) is 5.56 Å². The topological polar surface area (TPSA) is 55.2 Å². The maximum absolute atomic E-state index is 5.50. The van der Waals surface area contributed by atoms with Crippen LogP contribution in [0.2, 0.25) is 0 Å². The van der Waals surface area contributed by atoms with E-state index in [1.807, 2.05) is 36.4 Å². The van der Waals surface area contributed by atoms with Gasteiger partial charge in [0.05, 0.1) is 19.9 Å². The van der Waals surface area contributed by atoms with Gasteiger partial charge in [-0.25, -0.2) is 4.99 Å². The lowest BCUT2D eigenvalue weighted by Gasteiger charge is -2.19. The Morgan fingerprint density at radius 1 is 0.812 bits per heavy atom. The molecule has 1 aliphatic rings. The number of rotatable bonds is 4. The number of ether oxygens (including phenoxy) is 2. The van der Waals surface area contributed by atoms with Crippen molar-refractivity contribution < 1.29 is 9.47 Å². The number of nitrogens with one attached hydrogen (secondary N) is 1. The van der Waals surface area contributed by atoms with E-state index in [4.69, 9.17) is 19.6 Å². The van der Waals surface area contributed by atoms with E-state index >= 15 is 0 Å². The maximum Gasteiger partial charge on any atom is 0.161 e. The molecule has 1 aliphatic heterocycles. The first-order chi connectivity index (χ1) is 15.3. The Bertz CT molecular complexity index is 1210. The molecule has 4 rings (SSSR count). The second-order valence-corrected chi connectivity index (χ2v) is 9.51. The molecule has 3 aromatic rings. The number of nitrogens with zero attached hydrogens (tertiary/aromatic N) is 2. The first-order valence-electron chi connectivity index (χ1n) is 10.4. The van der Waals surface area contributed by atoms with Crippen LogP contribution in [0.15, 0.2) is 75.2 Å². The molecule has 0 aliphatic carbocycles. The highest BCUT2D eigenvalue weighted by Crippen LogP contribution is 2.33. The molecule has 0 unspecified atom stereocenters. The van der Waals surface area contributed by atoms with Crippen LogP contribution in [0, 0.1) is 0 Å². The van der Waals surface area contributed by atoms with E-state index in [2.05, 4.69) is 66.4 Å². The molecule has 0 saturated heterocycles. The molecule has 0 fully saturated rings. The summed E-state index contributed by atoms with van der Waals surface area (Å²) >= 11 is 3.58. The van der Waals surface area contributed by atoms with Crippen molar-refractivity contribution in [3.8, 4) is 11.5 Å². The zero-order chi connectivity index (χ0) is 22.9. The molecule has 32 heavy (non-hydrogen) atoms. The number of hydrogen-bond donors (Lipinski definition) is 1. The number of hydrazone groups is 1. The fourth-order valence-electron chi connectivity index (χ4n) is 3.57. The second kappa shape index (κ2) is 8.79. The fourth-order valence-corrected chi connectivity index (χ4v) is 3.93. The van der Waals surface area contributed by atoms with Crippen molar-refractivity contribution in [1.82, 2.24) is 5.43 Å². The van der Waals surface area contributed by atoms with Gasteiger partial charge >= 0.3 is 0 Å². The molecule has 0 saturated carbocycles. The summed E-state index contributed by atoms with van der Waals surface area (Å²) in [5.74, 6) is 2.01. The van der Waals surface area contributed by atoms with Crippen LogP contribution in [-0.4, -0.2) is 25.8 Å². The van der Waals surface area contributed by atoms with Gasteiger partial charge in [0.1, 0.15) is 5.71 Å². The number of halogens is 1. The average molecular weight is 492 g/mol. The SMILES string of the molecule is COc1ccc(C2=NNC(c3ccc(C(C)(C)C)cc3)=Nc3ccc(Br)cc32)cc1OC. The highest BCUT2D eigenvalue weighted by Gasteiger charge is 2.20. The van der Waals surface area contributed by atoms with Gasteiger partial charge in [0.25, 0.3) is 0 Å². The Morgan fingerprint density at radius 2 is 1.50 bits per heavy atom. The van der Waals surface area contributed by atoms with Gasteiger partial charge in [-0.15, -0.1) is 0 Å². The number of fused-ring (bicyclic) bond motifs is 1. The third-order valence-electron chi connectivity index (χ3n) is 5.40. The van der Waals surface area contributed by atoms with Crippen LogP contribution in [0.5, 0.6) is 11.5 Å².